The van der Waals surface area contributed by atoms with Crippen molar-refractivity contribution in [1.29, 1.82) is 0 Å². The molecule has 0 saturated carbocycles. The maximum absolute atomic E-state index is 4.14. The van der Waals surface area contributed by atoms with Gasteiger partial charge in [0.1, 0.15) is 7.85 Å². The van der Waals surface area contributed by atoms with Gasteiger partial charge >= 0.3 is 0 Å². The molecule has 0 aliphatic heterocycles. The summed E-state index contributed by atoms with van der Waals surface area (Å²) in [4.78, 5) is 1.04. The van der Waals surface area contributed by atoms with Gasteiger partial charge in [0.25, 0.3) is 0 Å². The molecule has 0 radical (unpaired) electrons. The molecule has 0 aromatic rings. The number of hydrogen-bond acceptors (Lipinski definition) is 1. The molecular formula is C5H8BIS. The second kappa shape index (κ2) is 3.61. The minimum atomic E-state index is 1.04. The Kier molecular flexibility index (Phi) is 3.89. The summed E-state index contributed by atoms with van der Waals surface area (Å²) in [6, 6.07) is 0. The van der Waals surface area contributed by atoms with Crippen molar-refractivity contribution in [2.24, 2.45) is 0 Å². The smallest absolute Gasteiger partial charge is 0.139 e. The van der Waals surface area contributed by atoms with Gasteiger partial charge in [-0.25, -0.2) is 0 Å². The maximum atomic E-state index is 4.14. The summed E-state index contributed by atoms with van der Waals surface area (Å²) < 4.78 is 1.16. The van der Waals surface area contributed by atoms with Crippen LogP contribution < -0.4 is 0 Å². The zero-order chi connectivity index (χ0) is 6.73. The summed E-state index contributed by atoms with van der Waals surface area (Å²) >= 11 is 6.37. The standard InChI is InChI=1S/C5H8BIS/c1-3(6)5(7)4(2)8/h8H,1,6H2,2H3/b5-4-. The van der Waals surface area contributed by atoms with Gasteiger partial charge in [-0.1, -0.05) is 5.47 Å². The van der Waals surface area contributed by atoms with E-state index in [0.717, 1.165) is 14.0 Å². The van der Waals surface area contributed by atoms with Crippen molar-refractivity contribution in [3.63, 3.8) is 0 Å². The van der Waals surface area contributed by atoms with Crippen LogP contribution >= 0.6 is 35.2 Å². The van der Waals surface area contributed by atoms with E-state index in [1.165, 1.54) is 0 Å². The molecule has 0 aromatic heterocycles. The van der Waals surface area contributed by atoms with E-state index < -0.39 is 0 Å². The SMILES string of the molecule is BC(=C)/C(I)=C(\C)S. The largest absolute Gasteiger partial charge is 0.147 e. The zero-order valence-electron chi connectivity index (χ0n) is 5.03. The van der Waals surface area contributed by atoms with Gasteiger partial charge in [0.15, 0.2) is 0 Å². The van der Waals surface area contributed by atoms with Crippen LogP contribution in [0.4, 0.5) is 0 Å². The first kappa shape index (κ1) is 8.62. The second-order valence-corrected chi connectivity index (χ2v) is 3.43. The normalized spacial score (nSPS) is 12.9. The zero-order valence-corrected chi connectivity index (χ0v) is 8.08. The highest BCUT2D eigenvalue weighted by Crippen LogP contribution is 2.19. The average Bonchev–Trinajstić information content (AvgIpc) is 1.64. The summed E-state index contributed by atoms with van der Waals surface area (Å²) in [7, 11) is 1.97. The number of allylic oxidation sites excluding steroid dienone is 3. The van der Waals surface area contributed by atoms with E-state index in [1.807, 2.05) is 14.8 Å². The molecule has 44 valence electrons. The summed E-state index contributed by atoms with van der Waals surface area (Å²) in [6.45, 7) is 5.72. The van der Waals surface area contributed by atoms with E-state index >= 15 is 0 Å². The van der Waals surface area contributed by atoms with E-state index in [2.05, 4.69) is 41.8 Å². The van der Waals surface area contributed by atoms with Crippen LogP contribution in [0.5, 0.6) is 0 Å². The quantitative estimate of drug-likeness (QED) is 0.306. The molecule has 0 aliphatic rings. The fourth-order valence-corrected chi connectivity index (χ4v) is 0.500. The van der Waals surface area contributed by atoms with Gasteiger partial charge < -0.3 is 0 Å². The van der Waals surface area contributed by atoms with Crippen molar-refractivity contribution < 1.29 is 0 Å². The lowest BCUT2D eigenvalue weighted by atomic mass is 9.98. The molecule has 0 fully saturated rings. The van der Waals surface area contributed by atoms with Crippen molar-refractivity contribution in [2.45, 2.75) is 6.92 Å². The average molecular weight is 238 g/mol. The first-order chi connectivity index (χ1) is 3.55. The minimum absolute atomic E-state index is 1.04. The molecule has 3 heteroatoms. The molecule has 0 spiro atoms. The minimum Gasteiger partial charge on any atom is -0.147 e. The van der Waals surface area contributed by atoms with Gasteiger partial charge in [-0.3, -0.25) is 0 Å². The molecule has 0 bridgehead atoms. The van der Waals surface area contributed by atoms with E-state index in [4.69, 9.17) is 0 Å². The molecule has 0 unspecified atom stereocenters. The molecule has 8 heavy (non-hydrogen) atoms. The van der Waals surface area contributed by atoms with Crippen LogP contribution in [0.25, 0.3) is 0 Å². The Labute approximate surface area is 70.4 Å². The molecule has 0 amide bonds. The summed E-state index contributed by atoms with van der Waals surface area (Å²) in [5.41, 5.74) is 1.08. The number of halogens is 1. The van der Waals surface area contributed by atoms with Crippen LogP contribution in [-0.2, 0) is 0 Å². The van der Waals surface area contributed by atoms with Crippen molar-refractivity contribution in [1.82, 2.24) is 0 Å². The van der Waals surface area contributed by atoms with Gasteiger partial charge in [-0.05, 0) is 34.4 Å². The van der Waals surface area contributed by atoms with Crippen LogP contribution in [0.1, 0.15) is 6.92 Å². The Bertz CT molecular complexity index is 135. The molecule has 0 saturated heterocycles. The van der Waals surface area contributed by atoms with Gasteiger partial charge in [0, 0.05) is 3.58 Å². The fraction of sp³-hybridized carbons (Fsp3) is 0.200. The van der Waals surface area contributed by atoms with Crippen LogP contribution in [0, 0.1) is 0 Å². The predicted octanol–water partition coefficient (Wildman–Crippen LogP) is 1.73. The van der Waals surface area contributed by atoms with Crippen LogP contribution in [0.3, 0.4) is 0 Å². The van der Waals surface area contributed by atoms with Gasteiger partial charge in [0.05, 0.1) is 0 Å². The fourth-order valence-electron chi connectivity index (χ4n) is 0.309. The lowest BCUT2D eigenvalue weighted by molar-refractivity contribution is 1.66. The van der Waals surface area contributed by atoms with Crippen molar-refractivity contribution in [2.75, 3.05) is 0 Å². The van der Waals surface area contributed by atoms with Crippen molar-refractivity contribution in [3.8, 4) is 0 Å². The molecule has 0 nitrogen and oxygen atoms in total. The Hall–Kier alpha value is 0.625. The molecule has 0 N–H and O–H groups in total. The molecule has 0 aromatic carbocycles. The predicted molar refractivity (Wildman–Crippen MR) is 53.4 cm³/mol. The highest BCUT2D eigenvalue weighted by Gasteiger charge is 1.92. The first-order valence-electron chi connectivity index (χ1n) is 2.27. The Morgan fingerprint density at radius 2 is 2.12 bits per heavy atom. The summed E-state index contributed by atoms with van der Waals surface area (Å²) in [6.07, 6.45) is 0. The van der Waals surface area contributed by atoms with E-state index in [-0.39, 0.29) is 0 Å². The van der Waals surface area contributed by atoms with E-state index in [1.54, 1.807) is 0 Å². The van der Waals surface area contributed by atoms with Gasteiger partial charge in [-0.2, -0.15) is 0 Å². The summed E-state index contributed by atoms with van der Waals surface area (Å²) in [5.74, 6) is 0. The topological polar surface area (TPSA) is 0 Å². The van der Waals surface area contributed by atoms with Gasteiger partial charge in [0.2, 0.25) is 0 Å². The van der Waals surface area contributed by atoms with Crippen LogP contribution in [-0.4, -0.2) is 7.85 Å². The number of thiol groups is 1. The van der Waals surface area contributed by atoms with Crippen LogP contribution in [0.2, 0.25) is 0 Å². The third-order valence-corrected chi connectivity index (χ3v) is 3.07. The number of hydrogen-bond donors (Lipinski definition) is 1. The third-order valence-electron chi connectivity index (χ3n) is 0.692. The monoisotopic (exact) mass is 238 g/mol. The lowest BCUT2D eigenvalue weighted by Gasteiger charge is -1.96. The number of rotatable bonds is 1. The highest BCUT2D eigenvalue weighted by molar-refractivity contribution is 14.1. The highest BCUT2D eigenvalue weighted by atomic mass is 127. The Balaban J connectivity index is 4.23. The van der Waals surface area contributed by atoms with E-state index in [9.17, 15) is 0 Å². The third kappa shape index (κ3) is 2.82. The molecule has 0 heterocycles. The van der Waals surface area contributed by atoms with Crippen molar-refractivity contribution in [3.05, 3.63) is 20.5 Å². The lowest BCUT2D eigenvalue weighted by Crippen LogP contribution is -1.77. The molecule has 0 atom stereocenters. The molecule has 0 rings (SSSR count). The molecule has 0 aliphatic carbocycles. The van der Waals surface area contributed by atoms with E-state index in [0.29, 0.717) is 0 Å². The molecular weight excluding hydrogens is 230 g/mol. The van der Waals surface area contributed by atoms with Gasteiger partial charge in [-0.15, -0.1) is 19.2 Å². The summed E-state index contributed by atoms with van der Waals surface area (Å²) in [5, 5.41) is 0. The van der Waals surface area contributed by atoms with Crippen molar-refractivity contribution >= 4 is 43.1 Å². The Morgan fingerprint density at radius 1 is 1.75 bits per heavy atom. The second-order valence-electron chi connectivity index (χ2n) is 1.68. The maximum Gasteiger partial charge on any atom is 0.139 e. The van der Waals surface area contributed by atoms with Crippen LogP contribution in [0.15, 0.2) is 20.5 Å². The Morgan fingerprint density at radius 3 is 2.12 bits per heavy atom. The first-order valence-corrected chi connectivity index (χ1v) is 3.79.